The molecule has 108 valence electrons. The predicted octanol–water partition coefficient (Wildman–Crippen LogP) is 5.73. The summed E-state index contributed by atoms with van der Waals surface area (Å²) in [6.07, 6.45) is 0. The smallest absolute Gasteiger partial charge is 0.150 e. The molecule has 0 atom stereocenters. The van der Waals surface area contributed by atoms with E-state index in [-0.39, 0.29) is 16.0 Å². The highest BCUT2D eigenvalue weighted by molar-refractivity contribution is 7.36. The van der Waals surface area contributed by atoms with Crippen molar-refractivity contribution in [1.29, 1.82) is 0 Å². The maximum Gasteiger partial charge on any atom is 0.243 e. The van der Waals surface area contributed by atoms with Crippen molar-refractivity contribution in [3.63, 3.8) is 0 Å². The average Bonchev–Trinajstić information content (AvgIpc) is 2.29. The molecule has 0 saturated heterocycles. The average molecular weight is 374 g/mol. The second kappa shape index (κ2) is 6.72. The molecule has 0 amide bonds. The van der Waals surface area contributed by atoms with Crippen LogP contribution in [0.15, 0.2) is 30.3 Å². The van der Waals surface area contributed by atoms with E-state index in [4.69, 9.17) is 44.3 Å². The van der Waals surface area contributed by atoms with E-state index in [1.54, 1.807) is 0 Å². The van der Waals surface area contributed by atoms with Crippen LogP contribution in [-0.4, -0.2) is 14.8 Å². The third-order valence-electron chi connectivity index (χ3n) is 3.75. The molecule has 0 N–H and O–H groups in total. The van der Waals surface area contributed by atoms with Gasteiger partial charge in [0.05, 0.1) is 0 Å². The maximum atomic E-state index is 6.36. The second-order valence-electron chi connectivity index (χ2n) is 6.09. The first-order valence-electron chi connectivity index (χ1n) is 6.23. The zero-order chi connectivity index (χ0) is 14.8. The lowest BCUT2D eigenvalue weighted by Crippen LogP contribution is -2.36. The van der Waals surface area contributed by atoms with Gasteiger partial charge in [0.15, 0.2) is 0 Å². The fourth-order valence-electron chi connectivity index (χ4n) is 2.72. The minimum atomic E-state index is -1.90. The van der Waals surface area contributed by atoms with Crippen molar-refractivity contribution >= 4 is 59.1 Å². The van der Waals surface area contributed by atoms with Crippen molar-refractivity contribution in [2.24, 2.45) is 0 Å². The summed E-state index contributed by atoms with van der Waals surface area (Å²) in [6.45, 7) is 8.53. The highest BCUT2D eigenvalue weighted by atomic mass is 35.7. The van der Waals surface area contributed by atoms with Crippen LogP contribution >= 0.6 is 44.3 Å². The molecule has 1 rings (SSSR count). The molecule has 0 aromatic heterocycles. The van der Waals surface area contributed by atoms with Crippen LogP contribution in [0.25, 0.3) is 0 Å². The Hall–Kier alpha value is 0.814. The van der Waals surface area contributed by atoms with Crippen molar-refractivity contribution in [2.75, 3.05) is 0 Å². The molecule has 0 nitrogen and oxygen atoms in total. The molecule has 0 saturated carbocycles. The molecule has 0 aliphatic rings. The summed E-state index contributed by atoms with van der Waals surface area (Å²) in [7, 11) is -3.80. The van der Waals surface area contributed by atoms with Crippen molar-refractivity contribution in [1.82, 2.24) is 0 Å². The van der Waals surface area contributed by atoms with Crippen molar-refractivity contribution < 1.29 is 0 Å². The Bertz CT molecular complexity index is 384. The van der Waals surface area contributed by atoms with Gasteiger partial charge in [-0.3, -0.25) is 0 Å². The Kier molecular flexibility index (Phi) is 6.32. The summed E-state index contributed by atoms with van der Waals surface area (Å²) >= 11 is 25.4. The van der Waals surface area contributed by atoms with Crippen LogP contribution < -0.4 is 0 Å². The topological polar surface area (TPSA) is 0 Å². The van der Waals surface area contributed by atoms with E-state index in [2.05, 4.69) is 39.8 Å². The van der Waals surface area contributed by atoms with Gasteiger partial charge in [0, 0.05) is 0 Å². The molecule has 0 fully saturated rings. The van der Waals surface area contributed by atoms with Crippen LogP contribution in [0.4, 0.5) is 0 Å². The number of halogens is 4. The molecule has 19 heavy (non-hydrogen) atoms. The van der Waals surface area contributed by atoms with Crippen LogP contribution in [0.1, 0.15) is 39.2 Å². The lowest BCUT2D eigenvalue weighted by atomic mass is 9.78. The highest BCUT2D eigenvalue weighted by Crippen LogP contribution is 2.60. The first-order valence-corrected chi connectivity index (χ1v) is 14.4. The number of hydrogen-bond donors (Lipinski definition) is 0. The molecular weight excluding hydrogens is 354 g/mol. The van der Waals surface area contributed by atoms with Crippen LogP contribution in [-0.2, 0) is 0 Å². The molecular formula is C13H20Cl4Si2. The fourth-order valence-corrected chi connectivity index (χ4v) is 6.17. The van der Waals surface area contributed by atoms with Gasteiger partial charge >= 0.3 is 0 Å². The largest absolute Gasteiger partial charge is 0.243 e. The fraction of sp³-hybridized carbons (Fsp3) is 0.538. The minimum Gasteiger partial charge on any atom is -0.150 e. The predicted molar refractivity (Wildman–Crippen MR) is 95.0 cm³/mol. The normalized spacial score (nSPS) is 13.6. The van der Waals surface area contributed by atoms with Crippen molar-refractivity contribution in [2.45, 2.75) is 43.7 Å². The minimum absolute atomic E-state index is 0.166. The van der Waals surface area contributed by atoms with E-state index in [1.807, 2.05) is 18.2 Å². The van der Waals surface area contributed by atoms with Gasteiger partial charge in [-0.1, -0.05) is 58.0 Å². The lowest BCUT2D eigenvalue weighted by Gasteiger charge is -2.45. The molecule has 0 aliphatic carbocycles. The van der Waals surface area contributed by atoms with Crippen LogP contribution in [0.5, 0.6) is 0 Å². The first kappa shape index (κ1) is 17.9. The number of rotatable bonds is 5. The van der Waals surface area contributed by atoms with Gasteiger partial charge < -0.3 is 0 Å². The first-order chi connectivity index (χ1) is 8.61. The summed E-state index contributed by atoms with van der Waals surface area (Å²) in [4.78, 5) is 0. The van der Waals surface area contributed by atoms with Gasteiger partial charge in [-0.05, 0) is 21.6 Å². The summed E-state index contributed by atoms with van der Waals surface area (Å²) in [6, 6.07) is 10.3. The summed E-state index contributed by atoms with van der Waals surface area (Å²) in [5.41, 5.74) is 1.22. The van der Waals surface area contributed by atoms with Crippen molar-refractivity contribution in [3.05, 3.63) is 35.9 Å². The Balaban J connectivity index is 3.36. The zero-order valence-corrected chi connectivity index (χ0v) is 17.0. The molecule has 0 aliphatic heterocycles. The van der Waals surface area contributed by atoms with Gasteiger partial charge in [0.2, 0.25) is 14.8 Å². The molecule has 0 heterocycles. The van der Waals surface area contributed by atoms with E-state index in [0.29, 0.717) is 0 Å². The Morgan fingerprint density at radius 3 is 1.47 bits per heavy atom. The number of hydrogen-bond acceptors (Lipinski definition) is 0. The standard InChI is InChI=1S/C13H20Cl4Si2/c1-12(2,18(14)15)11(13(3,4)19(16)17)10-8-6-5-7-9-10/h5-9,11,18-19H,1-4H3. The van der Waals surface area contributed by atoms with Gasteiger partial charge in [-0.25, -0.2) is 0 Å². The van der Waals surface area contributed by atoms with Crippen LogP contribution in [0.2, 0.25) is 10.1 Å². The Morgan fingerprint density at radius 1 is 0.789 bits per heavy atom. The van der Waals surface area contributed by atoms with Crippen molar-refractivity contribution in [3.8, 4) is 0 Å². The molecule has 1 aromatic rings. The maximum absolute atomic E-state index is 6.36. The monoisotopic (exact) mass is 372 g/mol. The number of benzene rings is 1. The molecule has 0 bridgehead atoms. The molecule has 1 aromatic carbocycles. The summed E-state index contributed by atoms with van der Waals surface area (Å²) in [5, 5.41) is -0.355. The highest BCUT2D eigenvalue weighted by Gasteiger charge is 2.49. The SMILES string of the molecule is CC(C)(C(c1ccccc1)C(C)(C)[SiH](Cl)Cl)[SiH](Cl)Cl. The third-order valence-corrected chi connectivity index (χ3v) is 13.4. The Labute approximate surface area is 138 Å². The van der Waals surface area contributed by atoms with Gasteiger partial charge in [0.1, 0.15) is 0 Å². The van der Waals surface area contributed by atoms with E-state index in [9.17, 15) is 0 Å². The molecule has 6 heteroatoms. The van der Waals surface area contributed by atoms with Gasteiger partial charge in [-0.2, -0.15) is 0 Å². The second-order valence-corrected chi connectivity index (χ2v) is 16.8. The van der Waals surface area contributed by atoms with E-state index >= 15 is 0 Å². The molecule has 0 spiro atoms. The zero-order valence-electron chi connectivity index (χ0n) is 11.6. The summed E-state index contributed by atoms with van der Waals surface area (Å²) in [5.74, 6) is 0.166. The molecule has 0 unspecified atom stereocenters. The quantitative estimate of drug-likeness (QED) is 0.456. The van der Waals surface area contributed by atoms with Crippen LogP contribution in [0, 0.1) is 0 Å². The van der Waals surface area contributed by atoms with E-state index in [0.717, 1.165) is 0 Å². The van der Waals surface area contributed by atoms with Gasteiger partial charge in [-0.15, -0.1) is 44.3 Å². The van der Waals surface area contributed by atoms with E-state index in [1.165, 1.54) is 5.56 Å². The lowest BCUT2D eigenvalue weighted by molar-refractivity contribution is 0.415. The van der Waals surface area contributed by atoms with Gasteiger partial charge in [0.25, 0.3) is 0 Å². The van der Waals surface area contributed by atoms with E-state index < -0.39 is 14.8 Å². The summed E-state index contributed by atoms with van der Waals surface area (Å²) < 4.78 is 0. The third kappa shape index (κ3) is 3.92. The molecule has 0 radical (unpaired) electrons. The Morgan fingerprint density at radius 2 is 1.16 bits per heavy atom. The van der Waals surface area contributed by atoms with Crippen LogP contribution in [0.3, 0.4) is 0 Å².